The van der Waals surface area contributed by atoms with E-state index < -0.39 is 35.8 Å². The minimum absolute atomic E-state index is 0.0412. The topological polar surface area (TPSA) is 93.3 Å². The summed E-state index contributed by atoms with van der Waals surface area (Å²) >= 11 is 0. The molecule has 8 nitrogen and oxygen atoms in total. The standard InChI is InChI=1S/C26H24F3N5O3/c1-17-14-32(16-30-17)21-9-7-18(8-10-21)23-24(36)33(25(34(23)37)11-2-3-12-25)15-22(35)31-20-6-4-5-19(13-20)26(27,28)29/h4-10,13-14,16H,2-3,11-12,15H2,1H3,(H,31,35). The Hall–Kier alpha value is -4.15. The smallest absolute Gasteiger partial charge is 0.416 e. The number of aryl methyl sites for hydroxylation is 1. The van der Waals surface area contributed by atoms with E-state index in [1.165, 1.54) is 17.0 Å². The SMILES string of the molecule is Cc1cn(-c2ccc(C3=[N+]([O-])C4(CCCC4)N(CC(=O)Nc4cccc(C(F)(F)F)c4)C3=O)cc2)cn1. The molecule has 2 aromatic carbocycles. The normalized spacial score (nSPS) is 17.2. The van der Waals surface area contributed by atoms with Gasteiger partial charge in [-0.2, -0.15) is 17.9 Å². The van der Waals surface area contributed by atoms with Crippen LogP contribution in [0.2, 0.25) is 0 Å². The van der Waals surface area contributed by atoms with Crippen molar-refractivity contribution in [2.45, 2.75) is 44.4 Å². The second-order valence-electron chi connectivity index (χ2n) is 9.32. The van der Waals surface area contributed by atoms with Crippen LogP contribution in [0.25, 0.3) is 5.69 Å². The molecule has 37 heavy (non-hydrogen) atoms. The van der Waals surface area contributed by atoms with Crippen LogP contribution in [0, 0.1) is 12.1 Å². The minimum Gasteiger partial charge on any atom is -0.621 e. The van der Waals surface area contributed by atoms with Gasteiger partial charge < -0.3 is 15.1 Å². The number of hydrogen-bond acceptors (Lipinski definition) is 4. The maximum Gasteiger partial charge on any atom is 0.416 e. The molecule has 2 aliphatic rings. The number of hydroxylamine groups is 1. The Labute approximate surface area is 210 Å². The van der Waals surface area contributed by atoms with E-state index in [1.54, 1.807) is 30.6 Å². The van der Waals surface area contributed by atoms with Gasteiger partial charge in [0.15, 0.2) is 0 Å². The van der Waals surface area contributed by atoms with Crippen molar-refractivity contribution in [3.8, 4) is 5.69 Å². The number of hydrogen-bond donors (Lipinski definition) is 1. The van der Waals surface area contributed by atoms with Crippen LogP contribution in [0.5, 0.6) is 0 Å². The van der Waals surface area contributed by atoms with Gasteiger partial charge in [-0.05, 0) is 62.2 Å². The first-order valence-electron chi connectivity index (χ1n) is 11.8. The molecule has 0 saturated heterocycles. The van der Waals surface area contributed by atoms with E-state index in [-0.39, 0.29) is 11.4 Å². The Balaban J connectivity index is 1.39. The quantitative estimate of drug-likeness (QED) is 0.410. The monoisotopic (exact) mass is 511 g/mol. The third-order valence-electron chi connectivity index (χ3n) is 6.86. The number of rotatable bonds is 5. The van der Waals surface area contributed by atoms with Gasteiger partial charge in [-0.1, -0.05) is 6.07 Å². The van der Waals surface area contributed by atoms with E-state index in [2.05, 4.69) is 10.3 Å². The average Bonchev–Trinajstić information content (AvgIpc) is 3.56. The second kappa shape index (κ2) is 9.06. The molecule has 1 N–H and O–H groups in total. The lowest BCUT2D eigenvalue weighted by Crippen LogP contribution is -2.52. The first-order chi connectivity index (χ1) is 17.6. The van der Waals surface area contributed by atoms with Crippen molar-refractivity contribution < 1.29 is 27.5 Å². The molecule has 5 rings (SSSR count). The highest BCUT2D eigenvalue weighted by Gasteiger charge is 2.58. The summed E-state index contributed by atoms with van der Waals surface area (Å²) in [5.41, 5.74) is -0.114. The summed E-state index contributed by atoms with van der Waals surface area (Å²) in [6.07, 6.45) is 1.17. The average molecular weight is 512 g/mol. The van der Waals surface area contributed by atoms with Gasteiger partial charge in [0, 0.05) is 30.4 Å². The van der Waals surface area contributed by atoms with Gasteiger partial charge in [0.1, 0.15) is 6.54 Å². The predicted octanol–water partition coefficient (Wildman–Crippen LogP) is 4.25. The number of amides is 2. The highest BCUT2D eigenvalue weighted by atomic mass is 19.4. The number of anilines is 1. The highest BCUT2D eigenvalue weighted by Crippen LogP contribution is 2.40. The fourth-order valence-electron chi connectivity index (χ4n) is 5.07. The van der Waals surface area contributed by atoms with Crippen molar-refractivity contribution in [3.63, 3.8) is 0 Å². The first-order valence-corrected chi connectivity index (χ1v) is 11.8. The largest absolute Gasteiger partial charge is 0.621 e. The Morgan fingerprint density at radius 3 is 2.49 bits per heavy atom. The molecule has 1 spiro atoms. The van der Waals surface area contributed by atoms with E-state index in [0.717, 1.165) is 28.3 Å². The summed E-state index contributed by atoms with van der Waals surface area (Å²) in [7, 11) is 0. The first kappa shape index (κ1) is 24.5. The molecule has 1 aromatic heterocycles. The van der Waals surface area contributed by atoms with Gasteiger partial charge in [-0.3, -0.25) is 14.5 Å². The summed E-state index contributed by atoms with van der Waals surface area (Å²) in [6, 6.07) is 11.2. The van der Waals surface area contributed by atoms with Crippen molar-refractivity contribution in [2.75, 3.05) is 11.9 Å². The van der Waals surface area contributed by atoms with Gasteiger partial charge in [-0.25, -0.2) is 4.98 Å². The van der Waals surface area contributed by atoms with Crippen LogP contribution in [-0.4, -0.2) is 48.9 Å². The Kier molecular flexibility index (Phi) is 6.01. The molecule has 0 atom stereocenters. The lowest BCUT2D eigenvalue weighted by atomic mass is 10.1. The third-order valence-corrected chi connectivity index (χ3v) is 6.86. The van der Waals surface area contributed by atoms with E-state index in [9.17, 15) is 28.0 Å². The number of aromatic nitrogens is 2. The predicted molar refractivity (Wildman–Crippen MR) is 129 cm³/mol. The molecule has 1 aliphatic heterocycles. The molecule has 0 radical (unpaired) electrons. The van der Waals surface area contributed by atoms with Gasteiger partial charge >= 0.3 is 12.1 Å². The Morgan fingerprint density at radius 2 is 1.86 bits per heavy atom. The zero-order valence-electron chi connectivity index (χ0n) is 20.0. The minimum atomic E-state index is -4.56. The molecular weight excluding hydrogens is 487 g/mol. The van der Waals surface area contributed by atoms with E-state index >= 15 is 0 Å². The van der Waals surface area contributed by atoms with Crippen molar-refractivity contribution in [3.05, 3.63) is 83.1 Å². The number of carbonyl (C=O) groups is 2. The van der Waals surface area contributed by atoms with Gasteiger partial charge in [0.25, 0.3) is 11.4 Å². The molecule has 0 bridgehead atoms. The van der Waals surface area contributed by atoms with E-state index in [1.807, 2.05) is 17.7 Å². The van der Waals surface area contributed by atoms with Crippen LogP contribution < -0.4 is 5.32 Å². The molecule has 0 unspecified atom stereocenters. The Morgan fingerprint density at radius 1 is 1.16 bits per heavy atom. The molecule has 1 saturated carbocycles. The molecule has 2 amide bonds. The number of nitrogens with one attached hydrogen (secondary N) is 1. The van der Waals surface area contributed by atoms with Crippen LogP contribution in [-0.2, 0) is 15.8 Å². The summed E-state index contributed by atoms with van der Waals surface area (Å²) in [5, 5.41) is 16.0. The van der Waals surface area contributed by atoms with E-state index in [0.29, 0.717) is 31.2 Å². The van der Waals surface area contributed by atoms with Crippen LogP contribution in [0.3, 0.4) is 0 Å². The number of halogens is 3. The molecule has 1 fully saturated rings. The van der Waals surface area contributed by atoms with Crippen LogP contribution in [0.15, 0.2) is 61.1 Å². The number of benzene rings is 2. The number of alkyl halides is 3. The van der Waals surface area contributed by atoms with Crippen molar-refractivity contribution in [2.24, 2.45) is 0 Å². The Bertz CT molecular complexity index is 1390. The van der Waals surface area contributed by atoms with Gasteiger partial charge in [-0.15, -0.1) is 0 Å². The van der Waals surface area contributed by atoms with E-state index in [4.69, 9.17) is 0 Å². The molecule has 2 heterocycles. The summed E-state index contributed by atoms with van der Waals surface area (Å²) < 4.78 is 41.7. The maximum atomic E-state index is 13.5. The number of nitrogens with zero attached hydrogens (tertiary/aromatic N) is 4. The second-order valence-corrected chi connectivity index (χ2v) is 9.32. The van der Waals surface area contributed by atoms with Crippen molar-refractivity contribution >= 4 is 23.2 Å². The molecule has 3 aromatic rings. The molecular formula is C26H24F3N5O3. The summed E-state index contributed by atoms with van der Waals surface area (Å²) in [6.45, 7) is 1.41. The zero-order chi connectivity index (χ0) is 26.4. The molecule has 11 heteroatoms. The summed E-state index contributed by atoms with van der Waals surface area (Å²) in [5.74, 6) is -1.26. The molecule has 1 aliphatic carbocycles. The van der Waals surface area contributed by atoms with Crippen molar-refractivity contribution in [1.29, 1.82) is 0 Å². The summed E-state index contributed by atoms with van der Waals surface area (Å²) in [4.78, 5) is 31.8. The van der Waals surface area contributed by atoms with Gasteiger partial charge in [0.2, 0.25) is 5.91 Å². The van der Waals surface area contributed by atoms with Gasteiger partial charge in [0.05, 0.1) is 23.1 Å². The third kappa shape index (κ3) is 4.45. The fourth-order valence-corrected chi connectivity index (χ4v) is 5.07. The highest BCUT2D eigenvalue weighted by molar-refractivity contribution is 6.44. The van der Waals surface area contributed by atoms with Crippen LogP contribution in [0.1, 0.15) is 42.5 Å². The number of carbonyl (C=O) groups excluding carboxylic acids is 2. The lowest BCUT2D eigenvalue weighted by molar-refractivity contribution is -0.564. The molecule has 192 valence electrons. The fraction of sp³-hybridized carbons (Fsp3) is 0.308. The zero-order valence-corrected chi connectivity index (χ0v) is 20.0. The van der Waals surface area contributed by atoms with Crippen LogP contribution in [0.4, 0.5) is 18.9 Å². The van der Waals surface area contributed by atoms with Crippen molar-refractivity contribution in [1.82, 2.24) is 14.5 Å². The number of imidazole rings is 1. The lowest BCUT2D eigenvalue weighted by Gasteiger charge is -2.31. The van der Waals surface area contributed by atoms with Crippen LogP contribution >= 0.6 is 0 Å². The maximum absolute atomic E-state index is 13.5.